The number of nitrogens with zero attached hydrogens (tertiary/aromatic N) is 1. The molecule has 1 aliphatic rings. The van der Waals surface area contributed by atoms with Crippen molar-refractivity contribution in [3.8, 4) is 5.75 Å². The number of hydrogen-bond acceptors (Lipinski definition) is 4. The molecule has 4 amide bonds. The first-order valence-electron chi connectivity index (χ1n) is 8.52. The monoisotopic (exact) mass is 496 g/mol. The van der Waals surface area contributed by atoms with Crippen molar-refractivity contribution in [2.45, 2.75) is 13.8 Å². The third-order valence-electron chi connectivity index (χ3n) is 4.12. The molecule has 0 atom stereocenters. The van der Waals surface area contributed by atoms with Crippen LogP contribution in [0.3, 0.4) is 0 Å². The maximum Gasteiger partial charge on any atom is 0.335 e. The second-order valence-electron chi connectivity index (χ2n) is 6.14. The van der Waals surface area contributed by atoms with Crippen molar-refractivity contribution in [3.63, 3.8) is 0 Å². The van der Waals surface area contributed by atoms with Gasteiger partial charge in [-0.1, -0.05) is 39.1 Å². The average molecular weight is 498 g/mol. The fourth-order valence-corrected chi connectivity index (χ4v) is 3.63. The van der Waals surface area contributed by atoms with Crippen molar-refractivity contribution in [3.05, 3.63) is 61.5 Å². The lowest BCUT2D eigenvalue weighted by Gasteiger charge is -2.26. The fourth-order valence-electron chi connectivity index (χ4n) is 2.77. The summed E-state index contributed by atoms with van der Waals surface area (Å²) in [6.07, 6.45) is 1.33. The van der Waals surface area contributed by atoms with E-state index in [2.05, 4.69) is 21.2 Å². The smallest absolute Gasteiger partial charge is 0.335 e. The summed E-state index contributed by atoms with van der Waals surface area (Å²) >= 11 is 15.8. The topological polar surface area (TPSA) is 75.7 Å². The molecule has 29 heavy (non-hydrogen) atoms. The minimum Gasteiger partial charge on any atom is -0.491 e. The van der Waals surface area contributed by atoms with Crippen LogP contribution in [0.1, 0.15) is 18.1 Å². The average Bonchev–Trinajstić information content (AvgIpc) is 2.64. The van der Waals surface area contributed by atoms with Gasteiger partial charge in [-0.15, -0.1) is 0 Å². The number of urea groups is 1. The van der Waals surface area contributed by atoms with Gasteiger partial charge >= 0.3 is 6.03 Å². The van der Waals surface area contributed by atoms with E-state index in [0.29, 0.717) is 23.6 Å². The summed E-state index contributed by atoms with van der Waals surface area (Å²) in [4.78, 5) is 38.5. The molecule has 1 fully saturated rings. The lowest BCUT2D eigenvalue weighted by molar-refractivity contribution is -0.122. The number of halogens is 3. The number of anilines is 1. The molecule has 0 aromatic heterocycles. The molecule has 0 unspecified atom stereocenters. The SMILES string of the molecule is CCOc1c(Cl)cc(/C=C2/C(=O)NC(=O)N(c3ccc(Br)c(C)c3)C2=O)cc1Cl. The zero-order valence-electron chi connectivity index (χ0n) is 15.4. The molecular formula is C20H15BrCl2N2O4. The number of aryl methyl sites for hydroxylation is 1. The standard InChI is InChI=1S/C20H15BrCl2N2O4/c1-3-29-17-15(22)8-11(9-16(17)23)7-13-18(26)24-20(28)25(19(13)27)12-4-5-14(21)10(2)6-12/h4-9H,3H2,1-2H3,(H,24,26,28)/b13-7-. The van der Waals surface area contributed by atoms with Gasteiger partial charge in [0.15, 0.2) is 5.75 Å². The molecule has 1 aliphatic heterocycles. The highest BCUT2D eigenvalue weighted by atomic mass is 79.9. The first-order valence-corrected chi connectivity index (χ1v) is 10.1. The number of ether oxygens (including phenoxy) is 1. The summed E-state index contributed by atoms with van der Waals surface area (Å²) in [6.45, 7) is 4.00. The van der Waals surface area contributed by atoms with Gasteiger partial charge in [-0.25, -0.2) is 9.69 Å². The van der Waals surface area contributed by atoms with Gasteiger partial charge in [-0.05, 0) is 61.4 Å². The Morgan fingerprint density at radius 2 is 1.79 bits per heavy atom. The number of rotatable bonds is 4. The Morgan fingerprint density at radius 1 is 1.14 bits per heavy atom. The highest BCUT2D eigenvalue weighted by molar-refractivity contribution is 9.10. The normalized spacial score (nSPS) is 15.7. The molecule has 2 aromatic rings. The maximum absolute atomic E-state index is 13.0. The van der Waals surface area contributed by atoms with Crippen LogP contribution in [0.4, 0.5) is 10.5 Å². The van der Waals surface area contributed by atoms with E-state index in [1.807, 2.05) is 6.92 Å². The van der Waals surface area contributed by atoms with Gasteiger partial charge in [0, 0.05) is 4.47 Å². The third-order valence-corrected chi connectivity index (χ3v) is 5.57. The van der Waals surface area contributed by atoms with Crippen molar-refractivity contribution >= 4 is 68.7 Å². The Morgan fingerprint density at radius 3 is 2.38 bits per heavy atom. The summed E-state index contributed by atoms with van der Waals surface area (Å²) in [5.74, 6) is -1.23. The molecule has 9 heteroatoms. The Balaban J connectivity index is 2.02. The highest BCUT2D eigenvalue weighted by Crippen LogP contribution is 2.35. The van der Waals surface area contributed by atoms with Crippen LogP contribution < -0.4 is 15.0 Å². The minimum absolute atomic E-state index is 0.221. The maximum atomic E-state index is 13.0. The Hall–Kier alpha value is -2.35. The quantitative estimate of drug-likeness (QED) is 0.469. The minimum atomic E-state index is -0.818. The molecule has 0 radical (unpaired) electrons. The van der Waals surface area contributed by atoms with Gasteiger partial charge in [0.1, 0.15) is 5.57 Å². The van der Waals surface area contributed by atoms with Crippen molar-refractivity contribution < 1.29 is 19.1 Å². The second kappa shape index (κ2) is 8.57. The molecule has 3 rings (SSSR count). The van der Waals surface area contributed by atoms with Gasteiger partial charge in [0.2, 0.25) is 0 Å². The lowest BCUT2D eigenvalue weighted by atomic mass is 10.1. The number of carbonyl (C=O) groups excluding carboxylic acids is 3. The van der Waals surface area contributed by atoms with Crippen LogP contribution in [-0.4, -0.2) is 24.5 Å². The first kappa shape index (κ1) is 21.4. The van der Waals surface area contributed by atoms with Crippen molar-refractivity contribution in [1.82, 2.24) is 5.32 Å². The summed E-state index contributed by atoms with van der Waals surface area (Å²) in [7, 11) is 0. The number of imide groups is 2. The molecule has 0 saturated carbocycles. The molecule has 0 aliphatic carbocycles. The molecule has 1 N–H and O–H groups in total. The van der Waals surface area contributed by atoms with Crippen molar-refractivity contribution in [1.29, 1.82) is 0 Å². The van der Waals surface area contributed by atoms with E-state index in [1.54, 1.807) is 25.1 Å². The van der Waals surface area contributed by atoms with Crippen LogP contribution in [0.5, 0.6) is 5.75 Å². The summed E-state index contributed by atoms with van der Waals surface area (Å²) in [5, 5.41) is 2.66. The summed E-state index contributed by atoms with van der Waals surface area (Å²) < 4.78 is 6.21. The number of amides is 4. The predicted octanol–water partition coefficient (Wildman–Crippen LogP) is 5.13. The Kier molecular flexibility index (Phi) is 6.31. The van der Waals surface area contributed by atoms with E-state index >= 15 is 0 Å². The van der Waals surface area contributed by atoms with E-state index in [1.165, 1.54) is 18.2 Å². The second-order valence-corrected chi connectivity index (χ2v) is 7.81. The zero-order valence-corrected chi connectivity index (χ0v) is 18.5. The molecule has 0 bridgehead atoms. The van der Waals surface area contributed by atoms with Gasteiger partial charge < -0.3 is 4.74 Å². The van der Waals surface area contributed by atoms with E-state index in [9.17, 15) is 14.4 Å². The van der Waals surface area contributed by atoms with Gasteiger partial charge in [-0.2, -0.15) is 0 Å². The van der Waals surface area contributed by atoms with E-state index in [-0.39, 0.29) is 15.6 Å². The summed E-state index contributed by atoms with van der Waals surface area (Å²) in [5.41, 5.74) is 1.37. The zero-order chi connectivity index (χ0) is 21.3. The molecule has 6 nitrogen and oxygen atoms in total. The predicted molar refractivity (Wildman–Crippen MR) is 116 cm³/mol. The third kappa shape index (κ3) is 4.32. The van der Waals surface area contributed by atoms with E-state index < -0.39 is 17.8 Å². The first-order chi connectivity index (χ1) is 13.7. The van der Waals surface area contributed by atoms with Crippen LogP contribution in [0.2, 0.25) is 10.0 Å². The number of barbiturate groups is 1. The molecule has 1 saturated heterocycles. The molecule has 150 valence electrons. The molecule has 0 spiro atoms. The number of hydrogen-bond donors (Lipinski definition) is 1. The van der Waals surface area contributed by atoms with E-state index in [4.69, 9.17) is 27.9 Å². The highest BCUT2D eigenvalue weighted by Gasteiger charge is 2.37. The van der Waals surface area contributed by atoms with Crippen LogP contribution in [0.25, 0.3) is 6.08 Å². The van der Waals surface area contributed by atoms with Gasteiger partial charge in [0.25, 0.3) is 11.8 Å². The van der Waals surface area contributed by atoms with Gasteiger partial charge in [-0.3, -0.25) is 14.9 Å². The van der Waals surface area contributed by atoms with Crippen LogP contribution in [-0.2, 0) is 9.59 Å². The van der Waals surface area contributed by atoms with E-state index in [0.717, 1.165) is 14.9 Å². The van der Waals surface area contributed by atoms with Gasteiger partial charge in [0.05, 0.1) is 22.3 Å². The molecule has 2 aromatic carbocycles. The van der Waals surface area contributed by atoms with Crippen LogP contribution in [0, 0.1) is 6.92 Å². The summed E-state index contributed by atoms with van der Waals surface area (Å²) in [6, 6.07) is 7.22. The Bertz CT molecular complexity index is 1050. The largest absolute Gasteiger partial charge is 0.491 e. The number of benzene rings is 2. The number of carbonyl (C=O) groups is 3. The fraction of sp³-hybridized carbons (Fsp3) is 0.150. The lowest BCUT2D eigenvalue weighted by Crippen LogP contribution is -2.54. The Labute approximate surface area is 185 Å². The van der Waals surface area contributed by atoms with Crippen molar-refractivity contribution in [2.75, 3.05) is 11.5 Å². The van der Waals surface area contributed by atoms with Crippen LogP contribution >= 0.6 is 39.1 Å². The molecule has 1 heterocycles. The van der Waals surface area contributed by atoms with Crippen molar-refractivity contribution in [2.24, 2.45) is 0 Å². The number of nitrogens with one attached hydrogen (secondary N) is 1. The molecular weight excluding hydrogens is 483 g/mol. The van der Waals surface area contributed by atoms with Crippen LogP contribution in [0.15, 0.2) is 40.4 Å².